The van der Waals surface area contributed by atoms with Gasteiger partial charge in [0.15, 0.2) is 0 Å². The SMILES string of the molecule is Cc1cc(OC2=CC=CC2C)ccc1N1C(=O)Nc2c(C(=O)NC3CCCN(C4CC4)C3)sc3nccc1c23. The molecule has 2 unspecified atom stereocenters. The molecular formula is C30H31N5O3S. The van der Waals surface area contributed by atoms with Gasteiger partial charge in [0.2, 0.25) is 0 Å². The highest BCUT2D eigenvalue weighted by Gasteiger charge is 2.36. The number of aryl methyl sites for hydroxylation is 1. The average Bonchev–Trinajstić information content (AvgIpc) is 3.61. The lowest BCUT2D eigenvalue weighted by atomic mass is 10.1. The first-order chi connectivity index (χ1) is 19.0. The molecule has 0 bridgehead atoms. The number of pyridine rings is 1. The highest BCUT2D eigenvalue weighted by molar-refractivity contribution is 7.21. The first kappa shape index (κ1) is 24.4. The number of urea groups is 1. The third-order valence-electron chi connectivity index (χ3n) is 8.06. The second kappa shape index (κ2) is 9.50. The Labute approximate surface area is 231 Å². The molecule has 1 saturated heterocycles. The number of thiophene rings is 1. The van der Waals surface area contributed by atoms with Crippen molar-refractivity contribution in [2.75, 3.05) is 23.3 Å². The molecule has 2 aliphatic carbocycles. The lowest BCUT2D eigenvalue weighted by molar-refractivity contribution is 0.0905. The molecule has 3 aromatic rings. The summed E-state index contributed by atoms with van der Waals surface area (Å²) in [6, 6.07) is 8.10. The molecule has 3 amide bonds. The highest BCUT2D eigenvalue weighted by Crippen LogP contribution is 2.46. The molecule has 1 aromatic carbocycles. The standard InChI is InChI=1S/C30H31N5O3S/c1-17-5-3-7-24(17)38-21-10-11-22(18(2)15-21)35-23-12-13-31-29-25(23)26(33-30(35)37)27(39-29)28(36)32-19-6-4-14-34(16-19)20-8-9-20/h3,5,7,10-13,15,17,19-20H,4,6,8-9,14,16H2,1-2H3,(H,32,36)(H,33,37). The van der Waals surface area contributed by atoms with Gasteiger partial charge >= 0.3 is 6.03 Å². The van der Waals surface area contributed by atoms with Crippen LogP contribution in [0.25, 0.3) is 10.2 Å². The van der Waals surface area contributed by atoms with Gasteiger partial charge in [-0.25, -0.2) is 9.78 Å². The largest absolute Gasteiger partial charge is 0.461 e. The molecular weight excluding hydrogens is 510 g/mol. The van der Waals surface area contributed by atoms with Gasteiger partial charge < -0.3 is 15.4 Å². The van der Waals surface area contributed by atoms with Crippen LogP contribution in [0.15, 0.2) is 54.4 Å². The van der Waals surface area contributed by atoms with Crippen molar-refractivity contribution in [3.63, 3.8) is 0 Å². The molecule has 8 nitrogen and oxygen atoms in total. The number of amides is 3. The van der Waals surface area contributed by atoms with Crippen LogP contribution in [0.4, 0.5) is 21.9 Å². The molecule has 0 spiro atoms. The van der Waals surface area contributed by atoms with Gasteiger partial charge in [-0.15, -0.1) is 11.3 Å². The zero-order valence-corrected chi connectivity index (χ0v) is 22.9. The fourth-order valence-electron chi connectivity index (χ4n) is 5.90. The second-order valence-electron chi connectivity index (χ2n) is 10.9. The van der Waals surface area contributed by atoms with Crippen LogP contribution in [-0.2, 0) is 0 Å². The summed E-state index contributed by atoms with van der Waals surface area (Å²) in [6.45, 7) is 6.07. The Morgan fingerprint density at radius 1 is 1.21 bits per heavy atom. The fraction of sp³-hybridized carbons (Fsp3) is 0.367. The number of anilines is 3. The minimum atomic E-state index is -0.298. The average molecular weight is 542 g/mol. The van der Waals surface area contributed by atoms with Crippen LogP contribution in [0, 0.1) is 12.8 Å². The van der Waals surface area contributed by atoms with E-state index in [-0.39, 0.29) is 23.9 Å². The molecule has 4 aliphatic rings. The minimum absolute atomic E-state index is 0.120. The zero-order valence-electron chi connectivity index (χ0n) is 22.1. The summed E-state index contributed by atoms with van der Waals surface area (Å²) < 4.78 is 6.09. The highest BCUT2D eigenvalue weighted by atomic mass is 32.1. The Kier molecular flexibility index (Phi) is 5.93. The zero-order chi connectivity index (χ0) is 26.7. The third kappa shape index (κ3) is 4.39. The predicted molar refractivity (Wildman–Crippen MR) is 154 cm³/mol. The van der Waals surface area contributed by atoms with Crippen LogP contribution in [-0.4, -0.2) is 47.0 Å². The molecule has 39 heavy (non-hydrogen) atoms. The van der Waals surface area contributed by atoms with Gasteiger partial charge in [-0.05, 0) is 75.1 Å². The minimum Gasteiger partial charge on any atom is -0.461 e. The van der Waals surface area contributed by atoms with Crippen LogP contribution in [0.5, 0.6) is 5.75 Å². The molecule has 4 heterocycles. The number of aromatic nitrogens is 1. The van der Waals surface area contributed by atoms with Crippen molar-refractivity contribution in [3.05, 3.63) is 64.9 Å². The monoisotopic (exact) mass is 541 g/mol. The molecule has 2 aromatic heterocycles. The number of hydrogen-bond donors (Lipinski definition) is 2. The number of nitrogens with zero attached hydrogens (tertiary/aromatic N) is 3. The van der Waals surface area contributed by atoms with Crippen LogP contribution in [0.1, 0.15) is 47.8 Å². The lowest BCUT2D eigenvalue weighted by Gasteiger charge is -2.33. The number of carbonyl (C=O) groups is 2. The molecule has 9 heteroatoms. The molecule has 0 radical (unpaired) electrons. The van der Waals surface area contributed by atoms with E-state index in [9.17, 15) is 9.59 Å². The number of carbonyl (C=O) groups excluding carboxylic acids is 2. The quantitative estimate of drug-likeness (QED) is 0.393. The van der Waals surface area contributed by atoms with Crippen LogP contribution in [0.3, 0.4) is 0 Å². The van der Waals surface area contributed by atoms with Crippen molar-refractivity contribution >= 4 is 50.6 Å². The van der Waals surface area contributed by atoms with Crippen LogP contribution in [0.2, 0.25) is 0 Å². The number of hydrogen-bond acceptors (Lipinski definition) is 6. The molecule has 200 valence electrons. The fourth-order valence-corrected chi connectivity index (χ4v) is 6.92. The van der Waals surface area contributed by atoms with E-state index in [4.69, 9.17) is 4.74 Å². The van der Waals surface area contributed by atoms with Crippen molar-refractivity contribution in [2.45, 2.75) is 51.6 Å². The number of piperidine rings is 1. The van der Waals surface area contributed by atoms with Gasteiger partial charge in [0.05, 0.1) is 22.4 Å². The Morgan fingerprint density at radius 3 is 2.85 bits per heavy atom. The number of rotatable bonds is 6. The number of likely N-dealkylation sites (tertiary alicyclic amines) is 1. The number of allylic oxidation sites excluding steroid dienone is 3. The summed E-state index contributed by atoms with van der Waals surface area (Å²) in [7, 11) is 0. The number of ether oxygens (including phenoxy) is 1. The van der Waals surface area contributed by atoms with E-state index in [1.165, 1.54) is 24.2 Å². The van der Waals surface area contributed by atoms with Crippen molar-refractivity contribution in [1.29, 1.82) is 0 Å². The molecule has 7 rings (SSSR count). The van der Waals surface area contributed by atoms with Gasteiger partial charge in [-0.1, -0.05) is 19.1 Å². The summed E-state index contributed by atoms with van der Waals surface area (Å²) in [5, 5.41) is 7.06. The third-order valence-corrected chi connectivity index (χ3v) is 9.15. The predicted octanol–water partition coefficient (Wildman–Crippen LogP) is 6.11. The molecule has 1 saturated carbocycles. The maximum absolute atomic E-state index is 13.6. The van der Waals surface area contributed by atoms with Crippen molar-refractivity contribution in [3.8, 4) is 5.75 Å². The summed E-state index contributed by atoms with van der Waals surface area (Å²) >= 11 is 1.33. The number of nitrogens with one attached hydrogen (secondary N) is 2. The maximum atomic E-state index is 13.6. The van der Waals surface area contributed by atoms with Crippen molar-refractivity contribution < 1.29 is 14.3 Å². The van der Waals surface area contributed by atoms with Gasteiger partial charge in [0, 0.05) is 30.7 Å². The first-order valence-electron chi connectivity index (χ1n) is 13.7. The van der Waals surface area contributed by atoms with E-state index in [1.807, 2.05) is 43.3 Å². The Morgan fingerprint density at radius 2 is 2.08 bits per heavy atom. The van der Waals surface area contributed by atoms with E-state index in [2.05, 4.69) is 33.5 Å². The van der Waals surface area contributed by atoms with E-state index >= 15 is 0 Å². The van der Waals surface area contributed by atoms with Crippen molar-refractivity contribution in [2.24, 2.45) is 5.92 Å². The molecule has 2 atom stereocenters. The van der Waals surface area contributed by atoms with Gasteiger partial charge in [0.1, 0.15) is 21.2 Å². The Balaban J connectivity index is 1.17. The van der Waals surface area contributed by atoms with E-state index < -0.39 is 0 Å². The van der Waals surface area contributed by atoms with E-state index in [1.54, 1.807) is 11.1 Å². The van der Waals surface area contributed by atoms with Gasteiger partial charge in [0.25, 0.3) is 5.91 Å². The van der Waals surface area contributed by atoms with E-state index in [0.29, 0.717) is 16.6 Å². The first-order valence-corrected chi connectivity index (χ1v) is 14.5. The summed E-state index contributed by atoms with van der Waals surface area (Å²) in [5.74, 6) is 1.73. The van der Waals surface area contributed by atoms with Gasteiger partial charge in [-0.2, -0.15) is 0 Å². The number of benzene rings is 1. The Bertz CT molecular complexity index is 1560. The Hall–Kier alpha value is -3.69. The summed E-state index contributed by atoms with van der Waals surface area (Å²) in [4.78, 5) is 37.0. The van der Waals surface area contributed by atoms with E-state index in [0.717, 1.165) is 64.6 Å². The van der Waals surface area contributed by atoms with Crippen molar-refractivity contribution in [1.82, 2.24) is 15.2 Å². The molecule has 2 N–H and O–H groups in total. The maximum Gasteiger partial charge on any atom is 0.331 e. The van der Waals surface area contributed by atoms with Crippen LogP contribution >= 0.6 is 11.3 Å². The molecule has 2 fully saturated rings. The topological polar surface area (TPSA) is 86.8 Å². The second-order valence-corrected chi connectivity index (χ2v) is 11.9. The van der Waals surface area contributed by atoms with Crippen LogP contribution < -0.4 is 20.3 Å². The summed E-state index contributed by atoms with van der Waals surface area (Å²) in [6.07, 6.45) is 12.4. The smallest absolute Gasteiger partial charge is 0.331 e. The van der Waals surface area contributed by atoms with Gasteiger partial charge in [-0.3, -0.25) is 14.6 Å². The normalized spacial score (nSPS) is 22.7. The lowest BCUT2D eigenvalue weighted by Crippen LogP contribution is -2.48. The molecule has 2 aliphatic heterocycles. The summed E-state index contributed by atoms with van der Waals surface area (Å²) in [5.41, 5.74) is 2.93.